The lowest BCUT2D eigenvalue weighted by Crippen LogP contribution is -2.46. The van der Waals surface area contributed by atoms with Gasteiger partial charge in [0.15, 0.2) is 0 Å². The number of nitrogens with one attached hydrogen (secondary N) is 2. The zero-order chi connectivity index (χ0) is 22.7. The molecule has 0 bridgehead atoms. The predicted molar refractivity (Wildman–Crippen MR) is 119 cm³/mol. The minimum absolute atomic E-state index is 0.0207. The van der Waals surface area contributed by atoms with Crippen LogP contribution in [0.3, 0.4) is 0 Å². The van der Waals surface area contributed by atoms with E-state index in [1.54, 1.807) is 6.92 Å². The number of carbonyl (C=O) groups excluding carboxylic acids is 2. The molecule has 0 spiro atoms. The molecule has 168 valence electrons. The number of aliphatic carboxylic acids is 1. The van der Waals surface area contributed by atoms with Crippen LogP contribution in [0.15, 0.2) is 48.5 Å². The van der Waals surface area contributed by atoms with Crippen LogP contribution in [0.4, 0.5) is 4.79 Å². The number of fused-ring (bicyclic) bond motifs is 3. The third-order valence-electron chi connectivity index (χ3n) is 6.37. The third-order valence-corrected chi connectivity index (χ3v) is 6.37. The minimum Gasteiger partial charge on any atom is -0.481 e. The lowest BCUT2D eigenvalue weighted by molar-refractivity contribution is -0.137. The molecule has 1 fully saturated rings. The molecule has 7 heteroatoms. The van der Waals surface area contributed by atoms with Crippen molar-refractivity contribution in [3.8, 4) is 11.1 Å². The van der Waals surface area contributed by atoms with Crippen molar-refractivity contribution in [2.24, 2.45) is 5.92 Å². The van der Waals surface area contributed by atoms with Gasteiger partial charge in [0.05, 0.1) is 12.3 Å². The van der Waals surface area contributed by atoms with Crippen molar-refractivity contribution in [2.75, 3.05) is 6.61 Å². The van der Waals surface area contributed by atoms with Gasteiger partial charge in [0.2, 0.25) is 5.91 Å². The van der Waals surface area contributed by atoms with Gasteiger partial charge in [-0.1, -0.05) is 55.0 Å². The van der Waals surface area contributed by atoms with E-state index in [1.807, 2.05) is 24.3 Å². The summed E-state index contributed by atoms with van der Waals surface area (Å²) in [5.74, 6) is -1.59. The van der Waals surface area contributed by atoms with Gasteiger partial charge in [0.25, 0.3) is 0 Å². The van der Waals surface area contributed by atoms with Crippen molar-refractivity contribution in [3.05, 3.63) is 59.7 Å². The number of hydrogen-bond donors (Lipinski definition) is 3. The Hall–Kier alpha value is -3.35. The lowest BCUT2D eigenvalue weighted by Gasteiger charge is -2.22. The molecule has 0 heterocycles. The minimum atomic E-state index is -0.961. The predicted octanol–water partition coefficient (Wildman–Crippen LogP) is 3.67. The maximum atomic E-state index is 12.6. The Morgan fingerprint density at radius 2 is 1.66 bits per heavy atom. The van der Waals surface area contributed by atoms with Crippen molar-refractivity contribution in [1.82, 2.24) is 10.6 Å². The van der Waals surface area contributed by atoms with Crippen LogP contribution in [0.1, 0.15) is 49.7 Å². The van der Waals surface area contributed by atoms with Crippen molar-refractivity contribution in [1.29, 1.82) is 0 Å². The SMILES string of the molecule is C[C@@H](CC(=O)O)NC(=O)[C@@H]1CCC[C@@H]1NC(=O)OCC1c2ccccc2-c2ccccc21. The van der Waals surface area contributed by atoms with E-state index in [9.17, 15) is 14.4 Å². The first-order valence-corrected chi connectivity index (χ1v) is 11.1. The molecule has 2 amide bonds. The van der Waals surface area contributed by atoms with Gasteiger partial charge in [0.1, 0.15) is 6.61 Å². The zero-order valence-electron chi connectivity index (χ0n) is 18.0. The van der Waals surface area contributed by atoms with Crippen LogP contribution in [-0.2, 0) is 14.3 Å². The fourth-order valence-corrected chi connectivity index (χ4v) is 4.90. The molecule has 2 aromatic carbocycles. The normalized spacial score (nSPS) is 20.2. The van der Waals surface area contributed by atoms with Gasteiger partial charge in [-0.05, 0) is 42.0 Å². The Morgan fingerprint density at radius 1 is 1.03 bits per heavy atom. The van der Waals surface area contributed by atoms with Gasteiger partial charge in [-0.3, -0.25) is 9.59 Å². The van der Waals surface area contributed by atoms with Gasteiger partial charge >= 0.3 is 12.1 Å². The standard InChI is InChI=1S/C25H28N2O5/c1-15(13-23(28)29)26-24(30)20-11-6-12-22(20)27-25(31)32-14-21-18-9-4-2-7-16(18)17-8-3-5-10-19(17)21/h2-5,7-10,15,20-22H,6,11-14H2,1H3,(H,26,30)(H,27,31)(H,28,29)/t15-,20+,22-/m0/s1. The molecule has 4 rings (SSSR count). The number of amides is 2. The van der Waals surface area contributed by atoms with Crippen molar-refractivity contribution in [2.45, 2.75) is 50.6 Å². The molecular weight excluding hydrogens is 408 g/mol. The maximum absolute atomic E-state index is 12.6. The molecule has 7 nitrogen and oxygen atoms in total. The first kappa shape index (κ1) is 21.9. The Labute approximate surface area is 187 Å². The number of hydrogen-bond acceptors (Lipinski definition) is 4. The largest absolute Gasteiger partial charge is 0.481 e. The van der Waals surface area contributed by atoms with Crippen LogP contribution in [0.5, 0.6) is 0 Å². The highest BCUT2D eigenvalue weighted by molar-refractivity contribution is 5.82. The van der Waals surface area contributed by atoms with Crippen LogP contribution in [0.25, 0.3) is 11.1 Å². The summed E-state index contributed by atoms with van der Waals surface area (Å²) in [7, 11) is 0. The molecule has 2 aliphatic rings. The van der Waals surface area contributed by atoms with Crippen molar-refractivity contribution >= 4 is 18.0 Å². The lowest BCUT2D eigenvalue weighted by atomic mass is 9.98. The number of carboxylic acids is 1. The van der Waals surface area contributed by atoms with Crippen LogP contribution in [0.2, 0.25) is 0 Å². The number of alkyl carbamates (subject to hydrolysis) is 1. The molecule has 0 aliphatic heterocycles. The van der Waals surface area contributed by atoms with E-state index in [0.29, 0.717) is 12.8 Å². The van der Waals surface area contributed by atoms with Crippen LogP contribution in [0, 0.1) is 5.92 Å². The average molecular weight is 437 g/mol. The van der Waals surface area contributed by atoms with E-state index >= 15 is 0 Å². The molecule has 2 aromatic rings. The Kier molecular flexibility index (Phi) is 6.44. The van der Waals surface area contributed by atoms with E-state index in [1.165, 1.54) is 11.1 Å². The highest BCUT2D eigenvalue weighted by Gasteiger charge is 2.35. The Balaban J connectivity index is 1.35. The van der Waals surface area contributed by atoms with Gasteiger partial charge in [-0.15, -0.1) is 0 Å². The monoisotopic (exact) mass is 436 g/mol. The fraction of sp³-hybridized carbons (Fsp3) is 0.400. The highest BCUT2D eigenvalue weighted by atomic mass is 16.5. The summed E-state index contributed by atoms with van der Waals surface area (Å²) in [5, 5.41) is 14.5. The van der Waals surface area contributed by atoms with E-state index in [4.69, 9.17) is 9.84 Å². The highest BCUT2D eigenvalue weighted by Crippen LogP contribution is 2.44. The summed E-state index contributed by atoms with van der Waals surface area (Å²) >= 11 is 0. The molecule has 2 aliphatic carbocycles. The number of carboxylic acid groups (broad SMARTS) is 1. The van der Waals surface area contributed by atoms with Crippen molar-refractivity contribution in [3.63, 3.8) is 0 Å². The number of rotatable bonds is 7. The quantitative estimate of drug-likeness (QED) is 0.614. The molecule has 3 N–H and O–H groups in total. The van der Waals surface area contributed by atoms with Gasteiger partial charge < -0.3 is 20.5 Å². The van der Waals surface area contributed by atoms with E-state index in [2.05, 4.69) is 34.9 Å². The molecular formula is C25H28N2O5. The average Bonchev–Trinajstić information content (AvgIpc) is 3.34. The number of ether oxygens (including phenoxy) is 1. The van der Waals surface area contributed by atoms with Gasteiger partial charge in [-0.25, -0.2) is 4.79 Å². The van der Waals surface area contributed by atoms with Crippen molar-refractivity contribution < 1.29 is 24.2 Å². The first-order valence-electron chi connectivity index (χ1n) is 11.1. The summed E-state index contributed by atoms with van der Waals surface area (Å²) in [6.07, 6.45) is 1.49. The number of benzene rings is 2. The fourth-order valence-electron chi connectivity index (χ4n) is 4.90. The molecule has 1 saturated carbocycles. The molecule has 3 atom stereocenters. The summed E-state index contributed by atoms with van der Waals surface area (Å²) in [6, 6.07) is 15.5. The van der Waals surface area contributed by atoms with Gasteiger partial charge in [-0.2, -0.15) is 0 Å². The summed E-state index contributed by atoms with van der Waals surface area (Å²) in [6.45, 7) is 1.88. The second-order valence-electron chi connectivity index (χ2n) is 8.62. The Morgan fingerprint density at radius 3 is 2.28 bits per heavy atom. The van der Waals surface area contributed by atoms with Crippen LogP contribution < -0.4 is 10.6 Å². The summed E-state index contributed by atoms with van der Waals surface area (Å²) in [4.78, 5) is 36.0. The first-order chi connectivity index (χ1) is 15.4. The maximum Gasteiger partial charge on any atom is 0.407 e. The van der Waals surface area contributed by atoms with Crippen LogP contribution >= 0.6 is 0 Å². The van der Waals surface area contributed by atoms with E-state index < -0.39 is 18.1 Å². The van der Waals surface area contributed by atoms with Gasteiger partial charge in [0, 0.05) is 18.0 Å². The molecule has 0 unspecified atom stereocenters. The second kappa shape index (κ2) is 9.42. The van der Waals surface area contributed by atoms with E-state index in [0.717, 1.165) is 17.5 Å². The van der Waals surface area contributed by atoms with Crippen LogP contribution in [-0.4, -0.2) is 41.8 Å². The molecule has 0 saturated heterocycles. The smallest absolute Gasteiger partial charge is 0.407 e. The Bertz CT molecular complexity index is 975. The topological polar surface area (TPSA) is 105 Å². The number of carbonyl (C=O) groups is 3. The molecule has 32 heavy (non-hydrogen) atoms. The summed E-state index contributed by atoms with van der Waals surface area (Å²) < 4.78 is 5.60. The second-order valence-corrected chi connectivity index (χ2v) is 8.62. The summed E-state index contributed by atoms with van der Waals surface area (Å²) in [5.41, 5.74) is 4.62. The molecule has 0 aromatic heterocycles. The van der Waals surface area contributed by atoms with E-state index in [-0.39, 0.29) is 36.8 Å². The zero-order valence-corrected chi connectivity index (χ0v) is 18.0. The molecule has 0 radical (unpaired) electrons. The third kappa shape index (κ3) is 4.61.